The molecule has 0 bridgehead atoms. The van der Waals surface area contributed by atoms with Gasteiger partial charge >= 0.3 is 0 Å². The fourth-order valence-electron chi connectivity index (χ4n) is 2.28. The smallest absolute Gasteiger partial charge is 0.241 e. The van der Waals surface area contributed by atoms with Crippen LogP contribution < -0.4 is 10.6 Å². The number of para-hydroxylation sites is 1. The van der Waals surface area contributed by atoms with Gasteiger partial charge < -0.3 is 20.5 Å². The van der Waals surface area contributed by atoms with E-state index in [2.05, 4.69) is 10.6 Å². The molecule has 3 atom stereocenters. The van der Waals surface area contributed by atoms with Crippen molar-refractivity contribution in [2.45, 2.75) is 31.6 Å². The first-order chi connectivity index (χ1) is 9.11. The summed E-state index contributed by atoms with van der Waals surface area (Å²) in [5.41, 5.74) is 1.38. The average Bonchev–Trinajstić information content (AvgIpc) is 2.88. The molecule has 19 heavy (non-hydrogen) atoms. The van der Waals surface area contributed by atoms with Gasteiger partial charge in [0.1, 0.15) is 0 Å². The lowest BCUT2D eigenvalue weighted by atomic mass is 10.1. The molecule has 3 unspecified atom stereocenters. The molecule has 1 aromatic rings. The van der Waals surface area contributed by atoms with Gasteiger partial charge in [0.05, 0.1) is 18.2 Å². The highest BCUT2D eigenvalue weighted by Gasteiger charge is 2.29. The molecule has 1 aliphatic heterocycles. The number of amides is 1. The van der Waals surface area contributed by atoms with Gasteiger partial charge in [0.2, 0.25) is 5.91 Å². The van der Waals surface area contributed by atoms with E-state index in [-0.39, 0.29) is 18.1 Å². The summed E-state index contributed by atoms with van der Waals surface area (Å²) in [5, 5.41) is 15.7. The third-order valence-corrected chi connectivity index (χ3v) is 3.41. The maximum absolute atomic E-state index is 12.1. The summed E-state index contributed by atoms with van der Waals surface area (Å²) in [5.74, 6) is -0.0901. The monoisotopic (exact) mass is 264 g/mol. The van der Waals surface area contributed by atoms with Crippen molar-refractivity contribution in [1.82, 2.24) is 5.32 Å². The number of carbonyl (C=O) groups excluding carboxylic acids is 1. The Labute approximate surface area is 113 Å². The molecular weight excluding hydrogens is 244 g/mol. The molecule has 1 amide bonds. The Morgan fingerprint density at radius 2 is 2.26 bits per heavy atom. The molecule has 0 saturated carbocycles. The number of carbonyl (C=O) groups is 1. The van der Waals surface area contributed by atoms with Crippen LogP contribution in [0.4, 0.5) is 5.69 Å². The minimum atomic E-state index is -0.611. The number of hydrogen-bond acceptors (Lipinski definition) is 4. The number of hydrogen-bond donors (Lipinski definition) is 3. The van der Waals surface area contributed by atoms with E-state index < -0.39 is 6.10 Å². The second kappa shape index (κ2) is 6.14. The molecule has 1 heterocycles. The fraction of sp³-hybridized carbons (Fsp3) is 0.500. The first-order valence-electron chi connectivity index (χ1n) is 6.46. The van der Waals surface area contributed by atoms with Crippen molar-refractivity contribution < 1.29 is 14.6 Å². The minimum absolute atomic E-state index is 0.0859. The lowest BCUT2D eigenvalue weighted by Gasteiger charge is -2.15. The second-order valence-corrected chi connectivity index (χ2v) is 4.81. The van der Waals surface area contributed by atoms with Crippen LogP contribution in [0.3, 0.4) is 0 Å². The maximum atomic E-state index is 12.1. The summed E-state index contributed by atoms with van der Waals surface area (Å²) in [6.45, 7) is 2.37. The van der Waals surface area contributed by atoms with E-state index in [9.17, 15) is 9.90 Å². The van der Waals surface area contributed by atoms with Crippen LogP contribution in [0.1, 0.15) is 25.0 Å². The number of aliphatic hydroxyl groups is 1. The standard InChI is InChI=1S/C14H20N2O3/c1-9(17)11-5-3-4-6-12(11)16-14(18)13-7-10(19-2)8-15-13/h3-6,9-10,13,15,17H,7-8H2,1-2H3,(H,16,18). The van der Waals surface area contributed by atoms with Crippen LogP contribution >= 0.6 is 0 Å². The van der Waals surface area contributed by atoms with Crippen molar-refractivity contribution in [2.75, 3.05) is 19.0 Å². The molecule has 1 saturated heterocycles. The number of ether oxygens (including phenoxy) is 1. The number of anilines is 1. The average molecular weight is 264 g/mol. The molecule has 1 aliphatic rings. The quantitative estimate of drug-likeness (QED) is 0.760. The molecule has 1 fully saturated rings. The van der Waals surface area contributed by atoms with Crippen LogP contribution in [0.5, 0.6) is 0 Å². The van der Waals surface area contributed by atoms with E-state index in [4.69, 9.17) is 4.74 Å². The summed E-state index contributed by atoms with van der Waals surface area (Å²) in [7, 11) is 1.65. The molecule has 0 aliphatic carbocycles. The predicted octanol–water partition coefficient (Wildman–Crippen LogP) is 1.06. The number of nitrogens with one attached hydrogen (secondary N) is 2. The van der Waals surface area contributed by atoms with Gasteiger partial charge in [-0.1, -0.05) is 18.2 Å². The van der Waals surface area contributed by atoms with Crippen LogP contribution in [-0.4, -0.2) is 36.8 Å². The van der Waals surface area contributed by atoms with Crippen LogP contribution in [-0.2, 0) is 9.53 Å². The van der Waals surface area contributed by atoms with E-state index in [1.807, 2.05) is 12.1 Å². The van der Waals surface area contributed by atoms with Crippen molar-refractivity contribution in [3.8, 4) is 0 Å². The van der Waals surface area contributed by atoms with Gasteiger partial charge in [0, 0.05) is 24.9 Å². The van der Waals surface area contributed by atoms with Gasteiger partial charge in [0.25, 0.3) is 0 Å². The zero-order valence-electron chi connectivity index (χ0n) is 11.2. The van der Waals surface area contributed by atoms with Gasteiger partial charge in [-0.05, 0) is 19.4 Å². The Balaban J connectivity index is 2.03. The van der Waals surface area contributed by atoms with Crippen LogP contribution in [0.25, 0.3) is 0 Å². The van der Waals surface area contributed by atoms with Crippen molar-refractivity contribution in [3.63, 3.8) is 0 Å². The first-order valence-corrected chi connectivity index (χ1v) is 6.46. The Bertz CT molecular complexity index is 448. The van der Waals surface area contributed by atoms with Gasteiger partial charge in [-0.3, -0.25) is 4.79 Å². The third kappa shape index (κ3) is 3.32. The molecule has 5 heteroatoms. The van der Waals surface area contributed by atoms with Crippen LogP contribution in [0.15, 0.2) is 24.3 Å². The molecular formula is C14H20N2O3. The third-order valence-electron chi connectivity index (χ3n) is 3.41. The molecule has 0 radical (unpaired) electrons. The van der Waals surface area contributed by atoms with E-state index in [1.54, 1.807) is 26.2 Å². The van der Waals surface area contributed by atoms with Gasteiger partial charge in [-0.25, -0.2) is 0 Å². The predicted molar refractivity (Wildman–Crippen MR) is 72.9 cm³/mol. The maximum Gasteiger partial charge on any atom is 0.241 e. The normalized spacial score (nSPS) is 24.2. The van der Waals surface area contributed by atoms with Gasteiger partial charge in [-0.15, -0.1) is 0 Å². The summed E-state index contributed by atoms with van der Waals surface area (Å²) in [4.78, 5) is 12.1. The van der Waals surface area contributed by atoms with Crippen molar-refractivity contribution in [1.29, 1.82) is 0 Å². The van der Waals surface area contributed by atoms with Crippen molar-refractivity contribution in [3.05, 3.63) is 29.8 Å². The molecule has 5 nitrogen and oxygen atoms in total. The van der Waals surface area contributed by atoms with E-state index in [0.717, 1.165) is 5.56 Å². The van der Waals surface area contributed by atoms with Crippen LogP contribution in [0.2, 0.25) is 0 Å². The SMILES string of the molecule is COC1CNC(C(=O)Nc2ccccc2C(C)O)C1. The van der Waals surface area contributed by atoms with Crippen molar-refractivity contribution >= 4 is 11.6 Å². The van der Waals surface area contributed by atoms with E-state index in [1.165, 1.54) is 0 Å². The largest absolute Gasteiger partial charge is 0.389 e. The van der Waals surface area contributed by atoms with E-state index >= 15 is 0 Å². The highest BCUT2D eigenvalue weighted by Crippen LogP contribution is 2.23. The molecule has 2 rings (SSSR count). The topological polar surface area (TPSA) is 70.6 Å². The molecule has 104 valence electrons. The van der Waals surface area contributed by atoms with E-state index in [0.29, 0.717) is 18.7 Å². The van der Waals surface area contributed by atoms with Crippen molar-refractivity contribution in [2.24, 2.45) is 0 Å². The Morgan fingerprint density at radius 3 is 2.89 bits per heavy atom. The molecule has 3 N–H and O–H groups in total. The number of rotatable bonds is 4. The fourth-order valence-corrected chi connectivity index (χ4v) is 2.28. The van der Waals surface area contributed by atoms with Crippen LogP contribution in [0, 0.1) is 0 Å². The highest BCUT2D eigenvalue weighted by atomic mass is 16.5. The van der Waals surface area contributed by atoms with Gasteiger partial charge in [-0.2, -0.15) is 0 Å². The number of methoxy groups -OCH3 is 1. The second-order valence-electron chi connectivity index (χ2n) is 4.81. The lowest BCUT2D eigenvalue weighted by Crippen LogP contribution is -2.35. The number of benzene rings is 1. The Kier molecular flexibility index (Phi) is 4.52. The number of aliphatic hydroxyl groups excluding tert-OH is 1. The zero-order chi connectivity index (χ0) is 13.8. The minimum Gasteiger partial charge on any atom is -0.389 e. The molecule has 1 aromatic carbocycles. The summed E-state index contributed by atoms with van der Waals surface area (Å²) in [6, 6.07) is 7.03. The molecule has 0 spiro atoms. The molecule has 0 aromatic heterocycles. The highest BCUT2D eigenvalue weighted by molar-refractivity contribution is 5.95. The Morgan fingerprint density at radius 1 is 1.53 bits per heavy atom. The van der Waals surface area contributed by atoms with Gasteiger partial charge in [0.15, 0.2) is 0 Å². The lowest BCUT2D eigenvalue weighted by molar-refractivity contribution is -0.118. The zero-order valence-corrected chi connectivity index (χ0v) is 11.2. The summed E-state index contributed by atoms with van der Waals surface area (Å²) in [6.07, 6.45) is 0.140. The summed E-state index contributed by atoms with van der Waals surface area (Å²) >= 11 is 0. The first kappa shape index (κ1) is 14.0. The Hall–Kier alpha value is -1.43. The summed E-state index contributed by atoms with van der Waals surface area (Å²) < 4.78 is 5.22.